The number of carboxylic acid groups (broad SMARTS) is 1. The van der Waals surface area contributed by atoms with Crippen molar-refractivity contribution in [3.63, 3.8) is 0 Å². The molecule has 0 radical (unpaired) electrons. The molecule has 0 saturated heterocycles. The van der Waals surface area contributed by atoms with Gasteiger partial charge in [0, 0.05) is 12.8 Å². The first kappa shape index (κ1) is 14.5. The number of aliphatic carboxylic acids is 1. The largest absolute Gasteiger partial charge is 0.481 e. The second-order valence-corrected chi connectivity index (χ2v) is 5.55. The van der Waals surface area contributed by atoms with Crippen LogP contribution in [0.1, 0.15) is 20.3 Å². The standard InChI is InChI=1S/C10H15N3O4S/c1-10(2,8(16)17)4-5-18-9-11-6(14)7(15)12-13(9)3/h4-5H2,1-3H3,(H,12,15)(H,16,17). The number of aromatic amines is 1. The number of hydrogen-bond donors (Lipinski definition) is 2. The number of carbonyl (C=O) groups is 1. The van der Waals surface area contributed by atoms with Gasteiger partial charge in [-0.1, -0.05) is 11.8 Å². The van der Waals surface area contributed by atoms with Gasteiger partial charge in [-0.15, -0.1) is 0 Å². The van der Waals surface area contributed by atoms with Crippen LogP contribution >= 0.6 is 11.8 Å². The fraction of sp³-hybridized carbons (Fsp3) is 0.600. The summed E-state index contributed by atoms with van der Waals surface area (Å²) in [6, 6.07) is 0. The van der Waals surface area contributed by atoms with Crippen LogP contribution in [-0.4, -0.2) is 31.6 Å². The lowest BCUT2D eigenvalue weighted by Crippen LogP contribution is -2.34. The van der Waals surface area contributed by atoms with Gasteiger partial charge in [0.25, 0.3) is 0 Å². The molecule has 0 aliphatic rings. The summed E-state index contributed by atoms with van der Waals surface area (Å²) in [4.78, 5) is 36.6. The molecule has 7 nitrogen and oxygen atoms in total. The van der Waals surface area contributed by atoms with Gasteiger partial charge in [-0.05, 0) is 20.3 Å². The number of aromatic nitrogens is 3. The highest BCUT2D eigenvalue weighted by molar-refractivity contribution is 7.99. The molecule has 1 aromatic rings. The van der Waals surface area contributed by atoms with Crippen LogP contribution in [0.4, 0.5) is 0 Å². The molecular formula is C10H15N3O4S. The predicted molar refractivity (Wildman–Crippen MR) is 66.9 cm³/mol. The van der Waals surface area contributed by atoms with Crippen LogP contribution in [0.5, 0.6) is 0 Å². The Morgan fingerprint density at radius 1 is 1.50 bits per heavy atom. The Hall–Kier alpha value is -1.57. The summed E-state index contributed by atoms with van der Waals surface area (Å²) >= 11 is 1.23. The molecule has 0 fully saturated rings. The van der Waals surface area contributed by atoms with Crippen molar-refractivity contribution >= 4 is 17.7 Å². The van der Waals surface area contributed by atoms with Crippen LogP contribution in [0.2, 0.25) is 0 Å². The van der Waals surface area contributed by atoms with Gasteiger partial charge in [-0.25, -0.2) is 0 Å². The Labute approximate surface area is 107 Å². The molecule has 18 heavy (non-hydrogen) atoms. The molecule has 0 aromatic carbocycles. The minimum Gasteiger partial charge on any atom is -0.481 e. The fourth-order valence-electron chi connectivity index (χ4n) is 1.09. The average Bonchev–Trinajstić information content (AvgIpc) is 2.25. The monoisotopic (exact) mass is 273 g/mol. The third kappa shape index (κ3) is 3.46. The van der Waals surface area contributed by atoms with E-state index >= 15 is 0 Å². The van der Waals surface area contributed by atoms with Gasteiger partial charge in [0.15, 0.2) is 5.16 Å². The molecule has 2 N–H and O–H groups in total. The lowest BCUT2D eigenvalue weighted by molar-refractivity contribution is -0.146. The second-order valence-electron chi connectivity index (χ2n) is 4.49. The first-order valence-electron chi connectivity index (χ1n) is 5.27. The van der Waals surface area contributed by atoms with Crippen molar-refractivity contribution in [2.45, 2.75) is 25.4 Å². The van der Waals surface area contributed by atoms with Crippen LogP contribution in [-0.2, 0) is 11.8 Å². The Bertz CT molecular complexity index is 561. The predicted octanol–water partition coefficient (Wildman–Crippen LogP) is 0.0616. The van der Waals surface area contributed by atoms with Gasteiger partial charge in [-0.3, -0.25) is 24.2 Å². The van der Waals surface area contributed by atoms with Gasteiger partial charge in [0.05, 0.1) is 5.41 Å². The summed E-state index contributed by atoms with van der Waals surface area (Å²) in [5.74, 6) is -0.377. The second kappa shape index (κ2) is 5.38. The van der Waals surface area contributed by atoms with Crippen LogP contribution in [0.15, 0.2) is 14.7 Å². The zero-order valence-electron chi connectivity index (χ0n) is 10.4. The lowest BCUT2D eigenvalue weighted by Gasteiger charge is -2.18. The summed E-state index contributed by atoms with van der Waals surface area (Å²) < 4.78 is 1.35. The molecule has 1 aromatic heterocycles. The zero-order chi connectivity index (χ0) is 13.9. The Balaban J connectivity index is 2.71. The molecule has 0 spiro atoms. The van der Waals surface area contributed by atoms with Gasteiger partial charge < -0.3 is 5.11 Å². The lowest BCUT2D eigenvalue weighted by atomic mass is 9.91. The van der Waals surface area contributed by atoms with E-state index in [1.807, 2.05) is 0 Å². The van der Waals surface area contributed by atoms with Crippen molar-refractivity contribution in [2.75, 3.05) is 5.75 Å². The van der Waals surface area contributed by atoms with Crippen molar-refractivity contribution in [3.05, 3.63) is 20.7 Å². The molecule has 0 aliphatic carbocycles. The van der Waals surface area contributed by atoms with E-state index in [0.29, 0.717) is 17.3 Å². The maximum absolute atomic E-state index is 11.1. The van der Waals surface area contributed by atoms with Gasteiger partial charge >= 0.3 is 17.1 Å². The van der Waals surface area contributed by atoms with Crippen LogP contribution in [0.3, 0.4) is 0 Å². The molecule has 0 aliphatic heterocycles. The molecule has 1 rings (SSSR count). The first-order valence-corrected chi connectivity index (χ1v) is 6.26. The summed E-state index contributed by atoms with van der Waals surface area (Å²) in [6.45, 7) is 3.27. The number of thioether (sulfide) groups is 1. The van der Waals surface area contributed by atoms with Crippen molar-refractivity contribution in [2.24, 2.45) is 12.5 Å². The molecular weight excluding hydrogens is 258 g/mol. The normalized spacial score (nSPS) is 11.5. The number of carboxylic acids is 1. The molecule has 0 atom stereocenters. The number of H-pyrrole nitrogens is 1. The van der Waals surface area contributed by atoms with E-state index in [0.717, 1.165) is 0 Å². The molecule has 0 saturated carbocycles. The van der Waals surface area contributed by atoms with Crippen molar-refractivity contribution in [1.29, 1.82) is 0 Å². The van der Waals surface area contributed by atoms with E-state index in [9.17, 15) is 14.4 Å². The Morgan fingerprint density at radius 3 is 2.67 bits per heavy atom. The maximum Gasteiger partial charge on any atom is 0.339 e. The third-order valence-electron chi connectivity index (χ3n) is 2.48. The Kier molecular flexibility index (Phi) is 4.33. The van der Waals surface area contributed by atoms with Crippen LogP contribution < -0.4 is 11.1 Å². The van der Waals surface area contributed by atoms with E-state index in [-0.39, 0.29) is 0 Å². The van der Waals surface area contributed by atoms with E-state index < -0.39 is 22.5 Å². The number of hydrogen-bond acceptors (Lipinski definition) is 5. The van der Waals surface area contributed by atoms with Gasteiger partial charge in [-0.2, -0.15) is 4.98 Å². The van der Waals surface area contributed by atoms with E-state index in [1.165, 1.54) is 16.4 Å². The number of rotatable bonds is 5. The van der Waals surface area contributed by atoms with Crippen molar-refractivity contribution < 1.29 is 9.90 Å². The van der Waals surface area contributed by atoms with Crippen LogP contribution in [0, 0.1) is 5.41 Å². The van der Waals surface area contributed by atoms with E-state index in [1.54, 1.807) is 20.9 Å². The van der Waals surface area contributed by atoms with E-state index in [2.05, 4.69) is 10.1 Å². The van der Waals surface area contributed by atoms with Crippen LogP contribution in [0.25, 0.3) is 0 Å². The van der Waals surface area contributed by atoms with Gasteiger partial charge in [0.2, 0.25) is 0 Å². The topological polar surface area (TPSA) is 105 Å². The number of nitrogens with zero attached hydrogens (tertiary/aromatic N) is 2. The summed E-state index contributed by atoms with van der Waals surface area (Å²) in [5.41, 5.74) is -2.44. The number of aryl methyl sites for hydroxylation is 1. The smallest absolute Gasteiger partial charge is 0.339 e. The maximum atomic E-state index is 11.1. The minimum atomic E-state index is -0.869. The fourth-order valence-corrected chi connectivity index (χ4v) is 2.28. The van der Waals surface area contributed by atoms with Crippen molar-refractivity contribution in [1.82, 2.24) is 14.8 Å². The highest BCUT2D eigenvalue weighted by Crippen LogP contribution is 2.24. The van der Waals surface area contributed by atoms with Gasteiger partial charge in [0.1, 0.15) is 0 Å². The zero-order valence-corrected chi connectivity index (χ0v) is 11.2. The quantitative estimate of drug-likeness (QED) is 0.580. The third-order valence-corrected chi connectivity index (χ3v) is 3.52. The minimum absolute atomic E-state index is 0.362. The van der Waals surface area contributed by atoms with Crippen molar-refractivity contribution in [3.8, 4) is 0 Å². The molecule has 0 unspecified atom stereocenters. The molecule has 0 amide bonds. The highest BCUT2D eigenvalue weighted by Gasteiger charge is 2.26. The van der Waals surface area contributed by atoms with E-state index in [4.69, 9.17) is 5.11 Å². The average molecular weight is 273 g/mol. The summed E-state index contributed by atoms with van der Waals surface area (Å²) in [7, 11) is 1.57. The first-order chi connectivity index (χ1) is 8.24. The summed E-state index contributed by atoms with van der Waals surface area (Å²) in [6.07, 6.45) is 0.433. The molecule has 0 bridgehead atoms. The number of nitrogens with one attached hydrogen (secondary N) is 1. The SMILES string of the molecule is Cn1[nH]c(=O)c(=O)nc1SCCC(C)(C)C(=O)O. The Morgan fingerprint density at radius 2 is 2.11 bits per heavy atom. The molecule has 8 heteroatoms. The summed E-state index contributed by atoms with van der Waals surface area (Å²) in [5, 5.41) is 11.6. The molecule has 100 valence electrons. The highest BCUT2D eigenvalue weighted by atomic mass is 32.2. The molecule has 1 heterocycles.